The summed E-state index contributed by atoms with van der Waals surface area (Å²) in [5.74, 6) is 2.27. The predicted molar refractivity (Wildman–Crippen MR) is 79.4 cm³/mol. The molecule has 2 N–H and O–H groups in total. The number of methoxy groups -OCH3 is 1. The van der Waals surface area contributed by atoms with Gasteiger partial charge in [-0.3, -0.25) is 0 Å². The second-order valence-electron chi connectivity index (χ2n) is 5.39. The van der Waals surface area contributed by atoms with E-state index in [4.69, 9.17) is 19.9 Å². The third-order valence-electron chi connectivity index (χ3n) is 3.77. The Balaban J connectivity index is 2.04. The Kier molecular flexibility index (Phi) is 5.68. The van der Waals surface area contributed by atoms with Crippen molar-refractivity contribution in [2.24, 2.45) is 11.7 Å². The summed E-state index contributed by atoms with van der Waals surface area (Å²) in [7, 11) is 1.68. The lowest BCUT2D eigenvalue weighted by molar-refractivity contribution is 0.166. The number of hydrogen-bond donors (Lipinski definition) is 1. The Labute approximate surface area is 121 Å². The van der Waals surface area contributed by atoms with Crippen molar-refractivity contribution < 1.29 is 14.2 Å². The molecular weight excluding hydrogens is 254 g/mol. The molecule has 4 nitrogen and oxygen atoms in total. The Morgan fingerprint density at radius 2 is 2.30 bits per heavy atom. The van der Waals surface area contributed by atoms with Crippen LogP contribution in [0.3, 0.4) is 0 Å². The average molecular weight is 279 g/mol. The van der Waals surface area contributed by atoms with E-state index < -0.39 is 0 Å². The van der Waals surface area contributed by atoms with Crippen LogP contribution in [0.5, 0.6) is 11.5 Å². The van der Waals surface area contributed by atoms with Gasteiger partial charge in [-0.25, -0.2) is 0 Å². The first-order chi connectivity index (χ1) is 9.72. The molecule has 20 heavy (non-hydrogen) atoms. The highest BCUT2D eigenvalue weighted by Crippen LogP contribution is 2.26. The van der Waals surface area contributed by atoms with Crippen LogP contribution in [0.25, 0.3) is 0 Å². The van der Waals surface area contributed by atoms with Gasteiger partial charge in [0, 0.05) is 18.6 Å². The molecule has 1 heterocycles. The van der Waals surface area contributed by atoms with Gasteiger partial charge in [0.2, 0.25) is 0 Å². The number of rotatable bonds is 7. The maximum Gasteiger partial charge on any atom is 0.122 e. The van der Waals surface area contributed by atoms with Crippen LogP contribution >= 0.6 is 0 Å². The van der Waals surface area contributed by atoms with Crippen LogP contribution in [0.2, 0.25) is 0 Å². The van der Waals surface area contributed by atoms with Gasteiger partial charge < -0.3 is 19.9 Å². The molecule has 1 aliphatic heterocycles. The van der Waals surface area contributed by atoms with Crippen molar-refractivity contribution in [1.29, 1.82) is 0 Å². The molecule has 1 saturated heterocycles. The van der Waals surface area contributed by atoms with Crippen LogP contribution in [0.1, 0.15) is 25.3 Å². The van der Waals surface area contributed by atoms with Gasteiger partial charge in [0.1, 0.15) is 11.5 Å². The maximum atomic E-state index is 6.07. The molecule has 0 spiro atoms. The molecule has 0 amide bonds. The first kappa shape index (κ1) is 15.1. The summed E-state index contributed by atoms with van der Waals surface area (Å²) in [6.45, 7) is 4.46. The lowest BCUT2D eigenvalue weighted by Gasteiger charge is -2.17. The molecule has 1 aromatic rings. The predicted octanol–water partition coefficient (Wildman–Crippen LogP) is 2.39. The van der Waals surface area contributed by atoms with Gasteiger partial charge in [-0.05, 0) is 43.0 Å². The van der Waals surface area contributed by atoms with Gasteiger partial charge in [-0.2, -0.15) is 0 Å². The van der Waals surface area contributed by atoms with E-state index in [-0.39, 0.29) is 6.04 Å². The van der Waals surface area contributed by atoms with E-state index in [0.29, 0.717) is 12.5 Å². The van der Waals surface area contributed by atoms with Crippen molar-refractivity contribution in [3.8, 4) is 11.5 Å². The van der Waals surface area contributed by atoms with E-state index in [1.165, 1.54) is 0 Å². The monoisotopic (exact) mass is 279 g/mol. The zero-order valence-electron chi connectivity index (χ0n) is 12.4. The summed E-state index contributed by atoms with van der Waals surface area (Å²) in [6, 6.07) is 6.09. The number of benzene rings is 1. The summed E-state index contributed by atoms with van der Waals surface area (Å²) in [6.07, 6.45) is 2.84. The minimum atomic E-state index is 0.152. The van der Waals surface area contributed by atoms with Gasteiger partial charge in [0.25, 0.3) is 0 Å². The van der Waals surface area contributed by atoms with E-state index in [1.807, 2.05) is 18.2 Å². The van der Waals surface area contributed by atoms with Crippen LogP contribution in [0.15, 0.2) is 18.2 Å². The minimum absolute atomic E-state index is 0.152. The fourth-order valence-electron chi connectivity index (χ4n) is 2.33. The highest BCUT2D eigenvalue weighted by atomic mass is 16.5. The molecule has 0 radical (unpaired) electrons. The highest BCUT2D eigenvalue weighted by Gasteiger charge is 2.17. The van der Waals surface area contributed by atoms with Gasteiger partial charge in [-0.15, -0.1) is 0 Å². The van der Waals surface area contributed by atoms with Crippen molar-refractivity contribution in [3.63, 3.8) is 0 Å². The number of hydrogen-bond acceptors (Lipinski definition) is 4. The molecule has 4 heteroatoms. The standard InChI is InChI=1S/C16H25NO3/c1-3-14(17)8-13-9-15(18-2)4-5-16(13)20-11-12-6-7-19-10-12/h4-5,9,12,14H,3,6-8,10-11,17H2,1-2H3. The normalized spacial score (nSPS) is 19.9. The first-order valence-corrected chi connectivity index (χ1v) is 7.36. The lowest BCUT2D eigenvalue weighted by Crippen LogP contribution is -2.22. The van der Waals surface area contributed by atoms with Crippen molar-refractivity contribution in [2.75, 3.05) is 26.9 Å². The van der Waals surface area contributed by atoms with E-state index in [9.17, 15) is 0 Å². The second-order valence-corrected chi connectivity index (χ2v) is 5.39. The highest BCUT2D eigenvalue weighted by molar-refractivity contribution is 5.40. The van der Waals surface area contributed by atoms with E-state index in [0.717, 1.165) is 49.5 Å². The lowest BCUT2D eigenvalue weighted by atomic mass is 10.0. The SMILES string of the molecule is CCC(N)Cc1cc(OC)ccc1OCC1CCOC1. The summed E-state index contributed by atoms with van der Waals surface area (Å²) in [5, 5.41) is 0. The molecular formula is C16H25NO3. The molecule has 1 fully saturated rings. The Bertz CT molecular complexity index is 416. The van der Waals surface area contributed by atoms with E-state index in [1.54, 1.807) is 7.11 Å². The van der Waals surface area contributed by atoms with Gasteiger partial charge in [0.15, 0.2) is 0 Å². The summed E-state index contributed by atoms with van der Waals surface area (Å²) in [4.78, 5) is 0. The zero-order chi connectivity index (χ0) is 14.4. The summed E-state index contributed by atoms with van der Waals surface area (Å²) in [5.41, 5.74) is 7.19. The second kappa shape index (κ2) is 7.50. The Hall–Kier alpha value is -1.26. The number of nitrogens with two attached hydrogens (primary N) is 1. The topological polar surface area (TPSA) is 53.7 Å². The van der Waals surface area contributed by atoms with Gasteiger partial charge >= 0.3 is 0 Å². The summed E-state index contributed by atoms with van der Waals surface area (Å²) >= 11 is 0. The quantitative estimate of drug-likeness (QED) is 0.832. The minimum Gasteiger partial charge on any atom is -0.497 e. The van der Waals surface area contributed by atoms with Gasteiger partial charge in [0.05, 0.1) is 20.3 Å². The van der Waals surface area contributed by atoms with Crippen LogP contribution in [-0.4, -0.2) is 33.0 Å². The third kappa shape index (κ3) is 4.12. The molecule has 2 unspecified atom stereocenters. The van der Waals surface area contributed by atoms with Crippen LogP contribution in [-0.2, 0) is 11.2 Å². The molecule has 2 rings (SSSR count). The van der Waals surface area contributed by atoms with Crippen LogP contribution in [0.4, 0.5) is 0 Å². The van der Waals surface area contributed by atoms with Gasteiger partial charge in [-0.1, -0.05) is 6.92 Å². The van der Waals surface area contributed by atoms with Crippen molar-refractivity contribution in [1.82, 2.24) is 0 Å². The molecule has 0 saturated carbocycles. The van der Waals surface area contributed by atoms with Crippen molar-refractivity contribution in [3.05, 3.63) is 23.8 Å². The van der Waals surface area contributed by atoms with Crippen molar-refractivity contribution >= 4 is 0 Å². The van der Waals surface area contributed by atoms with Crippen molar-refractivity contribution in [2.45, 2.75) is 32.2 Å². The first-order valence-electron chi connectivity index (χ1n) is 7.36. The summed E-state index contributed by atoms with van der Waals surface area (Å²) < 4.78 is 16.6. The zero-order valence-corrected chi connectivity index (χ0v) is 12.4. The maximum absolute atomic E-state index is 6.07. The molecule has 1 aliphatic rings. The fourth-order valence-corrected chi connectivity index (χ4v) is 2.33. The molecule has 0 aliphatic carbocycles. The largest absolute Gasteiger partial charge is 0.497 e. The fraction of sp³-hybridized carbons (Fsp3) is 0.625. The molecule has 2 atom stereocenters. The van der Waals surface area contributed by atoms with E-state index >= 15 is 0 Å². The molecule has 1 aromatic carbocycles. The molecule has 112 valence electrons. The third-order valence-corrected chi connectivity index (χ3v) is 3.77. The molecule has 0 bridgehead atoms. The van der Waals surface area contributed by atoms with Crippen LogP contribution < -0.4 is 15.2 Å². The smallest absolute Gasteiger partial charge is 0.122 e. The Morgan fingerprint density at radius 3 is 2.95 bits per heavy atom. The van der Waals surface area contributed by atoms with Crippen LogP contribution in [0, 0.1) is 5.92 Å². The average Bonchev–Trinajstić information content (AvgIpc) is 2.99. The number of ether oxygens (including phenoxy) is 3. The Morgan fingerprint density at radius 1 is 1.45 bits per heavy atom. The van der Waals surface area contributed by atoms with E-state index in [2.05, 4.69) is 6.92 Å². The molecule has 0 aromatic heterocycles.